The van der Waals surface area contributed by atoms with E-state index in [9.17, 15) is 22.8 Å². The molecule has 0 aliphatic rings. The van der Waals surface area contributed by atoms with Crippen LogP contribution in [-0.2, 0) is 29.1 Å². The Kier molecular flexibility index (Phi) is 9.96. The molecule has 0 saturated carbocycles. The summed E-state index contributed by atoms with van der Waals surface area (Å²) in [6, 6.07) is 15.9. The first kappa shape index (κ1) is 33.2. The Balaban J connectivity index is 1.62. The molecule has 3 aromatic carbocycles. The molecule has 3 aromatic rings. The summed E-state index contributed by atoms with van der Waals surface area (Å²) in [4.78, 5) is 39.3. The Bertz CT molecular complexity index is 1590. The first-order valence-corrected chi connectivity index (χ1v) is 15.2. The Hall–Kier alpha value is -4.32. The van der Waals surface area contributed by atoms with Crippen LogP contribution >= 0.6 is 0 Å². The van der Waals surface area contributed by atoms with E-state index in [0.29, 0.717) is 16.8 Å². The van der Waals surface area contributed by atoms with Gasteiger partial charge in [0.25, 0.3) is 10.0 Å². The maximum atomic E-state index is 13.3. The molecule has 3 rings (SSSR count). The van der Waals surface area contributed by atoms with Crippen molar-refractivity contribution in [1.29, 1.82) is 0 Å². The smallest absolute Gasteiger partial charge is 0.408 e. The van der Waals surface area contributed by atoms with Crippen LogP contribution in [0, 0.1) is 5.41 Å². The summed E-state index contributed by atoms with van der Waals surface area (Å²) in [6.45, 7) is 9.54. The lowest BCUT2D eigenvalue weighted by molar-refractivity contribution is -0.150. The molecule has 11 nitrogen and oxygen atoms in total. The van der Waals surface area contributed by atoms with Gasteiger partial charge >= 0.3 is 12.1 Å². The van der Waals surface area contributed by atoms with Crippen LogP contribution in [0.1, 0.15) is 41.5 Å². The number of alkyl carbamates (subject to hydrolysis) is 1. The Morgan fingerprint density at radius 1 is 0.860 bits per heavy atom. The molecule has 0 bridgehead atoms. The van der Waals surface area contributed by atoms with Crippen molar-refractivity contribution >= 4 is 55.8 Å². The number of carbonyl (C=O) groups excluding carboxylic acids is 3. The van der Waals surface area contributed by atoms with Gasteiger partial charge in [-0.25, -0.2) is 18.0 Å². The molecule has 0 spiro atoms. The van der Waals surface area contributed by atoms with Crippen LogP contribution in [0.25, 0.3) is 10.8 Å². The zero-order chi connectivity index (χ0) is 32.2. The third-order valence-corrected chi connectivity index (χ3v) is 7.74. The molecule has 0 aromatic heterocycles. The maximum Gasteiger partial charge on any atom is 0.408 e. The van der Waals surface area contributed by atoms with Crippen molar-refractivity contribution in [1.82, 2.24) is 5.32 Å². The highest BCUT2D eigenvalue weighted by Gasteiger charge is 2.31. The first-order chi connectivity index (χ1) is 19.9. The molecule has 0 aliphatic heterocycles. The summed E-state index contributed by atoms with van der Waals surface area (Å²) in [6.07, 6.45) is -0.754. The lowest BCUT2D eigenvalue weighted by atomic mass is 9.93. The van der Waals surface area contributed by atoms with Crippen LogP contribution in [-0.4, -0.2) is 58.7 Å². The molecule has 0 heterocycles. The predicted octanol–water partition coefficient (Wildman–Crippen LogP) is 5.13. The second-order valence-electron chi connectivity index (χ2n) is 12.0. The number of nitrogens with one attached hydrogen (secondary N) is 3. The minimum Gasteiger partial charge on any atom is -0.463 e. The van der Waals surface area contributed by atoms with Crippen LogP contribution in [0.3, 0.4) is 0 Å². The van der Waals surface area contributed by atoms with Crippen molar-refractivity contribution in [2.75, 3.05) is 35.6 Å². The molecule has 0 fully saturated rings. The zero-order valence-corrected chi connectivity index (χ0v) is 26.6. The van der Waals surface area contributed by atoms with Gasteiger partial charge in [0.1, 0.15) is 18.2 Å². The van der Waals surface area contributed by atoms with Crippen LogP contribution in [0.5, 0.6) is 0 Å². The molecular weight excluding hydrogens is 572 g/mol. The van der Waals surface area contributed by atoms with Crippen LogP contribution in [0.4, 0.5) is 21.9 Å². The number of sulfonamides is 1. The van der Waals surface area contributed by atoms with E-state index in [2.05, 4.69) is 15.4 Å². The average Bonchev–Trinajstić information content (AvgIpc) is 2.90. The monoisotopic (exact) mass is 612 g/mol. The normalized spacial score (nSPS) is 12.7. The van der Waals surface area contributed by atoms with Gasteiger partial charge in [0.15, 0.2) is 0 Å². The second kappa shape index (κ2) is 12.9. The number of nitrogens with zero attached hydrogens (tertiary/aromatic N) is 1. The number of fused-ring (bicyclic) bond motifs is 1. The molecule has 0 saturated heterocycles. The van der Waals surface area contributed by atoms with E-state index in [-0.39, 0.29) is 11.5 Å². The molecule has 2 amide bonds. The fraction of sp³-hybridized carbons (Fsp3) is 0.387. The minimum atomic E-state index is -3.92. The van der Waals surface area contributed by atoms with Gasteiger partial charge in [0, 0.05) is 41.9 Å². The summed E-state index contributed by atoms with van der Waals surface area (Å²) in [7, 11) is -0.123. The van der Waals surface area contributed by atoms with E-state index in [1.54, 1.807) is 77.1 Å². The molecule has 12 heteroatoms. The zero-order valence-electron chi connectivity index (χ0n) is 25.8. The average molecular weight is 613 g/mol. The quantitative estimate of drug-likeness (QED) is 0.268. The number of carbonyl (C=O) groups is 3. The van der Waals surface area contributed by atoms with Gasteiger partial charge in [-0.2, -0.15) is 0 Å². The van der Waals surface area contributed by atoms with Crippen molar-refractivity contribution in [3.63, 3.8) is 0 Å². The molecular formula is C31H40N4O7S. The van der Waals surface area contributed by atoms with Gasteiger partial charge in [0.05, 0.1) is 10.3 Å². The summed E-state index contributed by atoms with van der Waals surface area (Å²) in [5.41, 5.74) is -0.184. The van der Waals surface area contributed by atoms with E-state index in [4.69, 9.17) is 9.47 Å². The fourth-order valence-corrected chi connectivity index (χ4v) is 5.29. The van der Waals surface area contributed by atoms with Gasteiger partial charge in [0.2, 0.25) is 5.91 Å². The van der Waals surface area contributed by atoms with Crippen molar-refractivity contribution < 1.29 is 32.3 Å². The number of esters is 1. The van der Waals surface area contributed by atoms with Crippen molar-refractivity contribution in [2.24, 2.45) is 5.41 Å². The van der Waals surface area contributed by atoms with Crippen LogP contribution < -0.4 is 20.3 Å². The third-order valence-electron chi connectivity index (χ3n) is 6.30. The number of anilines is 3. The molecule has 1 atom stereocenters. The van der Waals surface area contributed by atoms with E-state index in [1.807, 2.05) is 37.2 Å². The first-order valence-electron chi connectivity index (χ1n) is 13.7. The number of rotatable bonds is 10. The number of benzene rings is 3. The Morgan fingerprint density at radius 2 is 1.44 bits per heavy atom. The van der Waals surface area contributed by atoms with Crippen LogP contribution in [0.2, 0.25) is 0 Å². The molecule has 43 heavy (non-hydrogen) atoms. The molecule has 0 radical (unpaired) electrons. The maximum absolute atomic E-state index is 13.3. The fourth-order valence-electron chi connectivity index (χ4n) is 4.01. The molecule has 0 aliphatic carbocycles. The van der Waals surface area contributed by atoms with E-state index < -0.39 is 45.1 Å². The Labute approximate surface area is 253 Å². The summed E-state index contributed by atoms with van der Waals surface area (Å²) in [5, 5.41) is 6.57. The van der Waals surface area contributed by atoms with Crippen molar-refractivity contribution in [3.05, 3.63) is 60.7 Å². The molecule has 0 unspecified atom stereocenters. The largest absolute Gasteiger partial charge is 0.463 e. The number of hydrogen-bond donors (Lipinski definition) is 3. The minimum absolute atomic E-state index is 0.151. The van der Waals surface area contributed by atoms with E-state index >= 15 is 0 Å². The SMILES string of the molecule is C[C@H](NC(=O)OC(C)(C)C)C(=O)OCC(C)(C)C(=O)Nc1ccc(NS(=O)(=O)c2cccc3c(N(C)C)cccc23)cc1. The van der Waals surface area contributed by atoms with Crippen molar-refractivity contribution in [2.45, 2.75) is 58.1 Å². The van der Waals surface area contributed by atoms with Gasteiger partial charge in [-0.15, -0.1) is 0 Å². The van der Waals surface area contributed by atoms with Gasteiger partial charge < -0.3 is 25.0 Å². The number of hydrogen-bond acceptors (Lipinski definition) is 8. The number of ether oxygens (including phenoxy) is 2. The van der Waals surface area contributed by atoms with Gasteiger partial charge in [-0.1, -0.05) is 24.3 Å². The van der Waals surface area contributed by atoms with Crippen molar-refractivity contribution in [3.8, 4) is 0 Å². The molecule has 232 valence electrons. The Morgan fingerprint density at radius 3 is 2.05 bits per heavy atom. The topological polar surface area (TPSA) is 143 Å². The highest BCUT2D eigenvalue weighted by Crippen LogP contribution is 2.31. The highest BCUT2D eigenvalue weighted by atomic mass is 32.2. The lowest BCUT2D eigenvalue weighted by Gasteiger charge is -2.25. The van der Waals surface area contributed by atoms with E-state index in [0.717, 1.165) is 11.1 Å². The van der Waals surface area contributed by atoms with Gasteiger partial charge in [-0.05, 0) is 77.9 Å². The predicted molar refractivity (Wildman–Crippen MR) is 168 cm³/mol. The lowest BCUT2D eigenvalue weighted by Crippen LogP contribution is -2.44. The second-order valence-corrected chi connectivity index (χ2v) is 13.7. The van der Waals surface area contributed by atoms with Crippen LogP contribution in [0.15, 0.2) is 65.6 Å². The standard InChI is InChI=1S/C31H40N4O7S/c1-20(32-29(38)42-30(2,3)4)27(36)41-19-31(5,6)28(37)33-21-15-17-22(18-16-21)34-43(39,40)26-14-10-11-23-24(26)12-9-13-25(23)35(7)8/h9-18,20,34H,19H2,1-8H3,(H,32,38)(H,33,37)/t20-/m0/s1. The van der Waals surface area contributed by atoms with Gasteiger partial charge in [-0.3, -0.25) is 9.52 Å². The summed E-state index contributed by atoms with van der Waals surface area (Å²) < 4.78 is 39.7. The summed E-state index contributed by atoms with van der Waals surface area (Å²) in [5.74, 6) is -1.14. The number of amides is 2. The highest BCUT2D eigenvalue weighted by molar-refractivity contribution is 7.93. The molecule has 3 N–H and O–H groups in total. The third kappa shape index (κ3) is 8.84. The summed E-state index contributed by atoms with van der Waals surface area (Å²) >= 11 is 0. The van der Waals surface area contributed by atoms with E-state index in [1.165, 1.54) is 6.92 Å².